The van der Waals surface area contributed by atoms with Gasteiger partial charge in [0.25, 0.3) is 0 Å². The summed E-state index contributed by atoms with van der Waals surface area (Å²) in [6.07, 6.45) is -2.15. The van der Waals surface area contributed by atoms with Gasteiger partial charge in [0.2, 0.25) is 0 Å². The first-order chi connectivity index (χ1) is 14.4. The molecule has 160 valence electrons. The number of rotatable bonds is 6. The highest BCUT2D eigenvalue weighted by Gasteiger charge is 2.30. The van der Waals surface area contributed by atoms with Crippen LogP contribution in [0.3, 0.4) is 0 Å². The first-order valence-electron chi connectivity index (χ1n) is 10.2. The van der Waals surface area contributed by atoms with Gasteiger partial charge in [-0.2, -0.15) is 24.9 Å². The highest BCUT2D eigenvalue weighted by atomic mass is 32.2. The molecule has 0 atom stereocenters. The zero-order valence-corrected chi connectivity index (χ0v) is 17.7. The minimum Gasteiger partial charge on any atom is -0.382 e. The number of nitrogens with one attached hydrogen (secondary N) is 2. The molecule has 1 aromatic heterocycles. The molecular formula is C23H26F3N3S. The molecule has 0 spiro atoms. The Morgan fingerprint density at radius 2 is 1.80 bits per heavy atom. The molecule has 1 fully saturated rings. The lowest BCUT2D eigenvalue weighted by Crippen LogP contribution is -2.24. The molecule has 7 heteroatoms. The maximum atomic E-state index is 13.4. The molecule has 1 saturated heterocycles. The molecule has 1 aliphatic rings. The summed E-state index contributed by atoms with van der Waals surface area (Å²) >= 11 is 1.95. The maximum Gasteiger partial charge on any atom is 0.406 e. The Hall–Kier alpha value is -2.12. The fourth-order valence-electron chi connectivity index (χ4n) is 4.06. The molecular weight excluding hydrogens is 407 g/mol. The summed E-state index contributed by atoms with van der Waals surface area (Å²) in [6, 6.07) is 15.6. The van der Waals surface area contributed by atoms with Gasteiger partial charge < -0.3 is 15.2 Å². The van der Waals surface area contributed by atoms with Crippen LogP contribution < -0.4 is 10.6 Å². The van der Waals surface area contributed by atoms with Crippen LogP contribution in [0.4, 0.5) is 18.9 Å². The van der Waals surface area contributed by atoms with E-state index in [2.05, 4.69) is 10.6 Å². The number of hydrogen-bond donors (Lipinski definition) is 2. The highest BCUT2D eigenvalue weighted by molar-refractivity contribution is 7.99. The van der Waals surface area contributed by atoms with Gasteiger partial charge in [0.05, 0.1) is 5.52 Å². The third-order valence-electron chi connectivity index (χ3n) is 5.49. The van der Waals surface area contributed by atoms with Crippen molar-refractivity contribution in [2.24, 2.45) is 0 Å². The number of halogens is 3. The van der Waals surface area contributed by atoms with Crippen molar-refractivity contribution in [3.8, 4) is 11.3 Å². The lowest BCUT2D eigenvalue weighted by molar-refractivity contribution is -0.139. The predicted octanol–water partition coefficient (Wildman–Crippen LogP) is 5.90. The maximum absolute atomic E-state index is 13.4. The van der Waals surface area contributed by atoms with Gasteiger partial charge in [0, 0.05) is 29.4 Å². The van der Waals surface area contributed by atoms with Crippen LogP contribution in [-0.2, 0) is 13.1 Å². The monoisotopic (exact) mass is 433 g/mol. The number of fused-ring (bicyclic) bond motifs is 1. The van der Waals surface area contributed by atoms with Crippen molar-refractivity contribution in [3.63, 3.8) is 0 Å². The van der Waals surface area contributed by atoms with Crippen LogP contribution in [0.5, 0.6) is 0 Å². The Balaban J connectivity index is 1.77. The number of alkyl halides is 3. The molecule has 4 rings (SSSR count). The van der Waals surface area contributed by atoms with Crippen molar-refractivity contribution in [2.45, 2.75) is 38.1 Å². The SMILES string of the molecule is CNCc1ccc(-c2cc3c(NC4CCSCC4)cccc3n2CC(F)(F)F)cc1. The van der Waals surface area contributed by atoms with Crippen LogP contribution in [0.15, 0.2) is 48.5 Å². The summed E-state index contributed by atoms with van der Waals surface area (Å²) in [5.74, 6) is 2.24. The second-order valence-electron chi connectivity index (χ2n) is 7.73. The molecule has 2 aromatic carbocycles. The normalized spacial score (nSPS) is 15.6. The van der Waals surface area contributed by atoms with E-state index >= 15 is 0 Å². The number of thioether (sulfide) groups is 1. The predicted molar refractivity (Wildman–Crippen MR) is 120 cm³/mol. The third kappa shape index (κ3) is 4.78. The van der Waals surface area contributed by atoms with Crippen LogP contribution >= 0.6 is 11.8 Å². The molecule has 0 amide bonds. The fourth-order valence-corrected chi connectivity index (χ4v) is 5.16. The average molecular weight is 434 g/mol. The quantitative estimate of drug-likeness (QED) is 0.507. The second kappa shape index (κ2) is 8.94. The van der Waals surface area contributed by atoms with Gasteiger partial charge in [0.15, 0.2) is 0 Å². The van der Waals surface area contributed by atoms with Crippen LogP contribution in [-0.4, -0.2) is 35.3 Å². The van der Waals surface area contributed by atoms with Gasteiger partial charge in [-0.05, 0) is 60.7 Å². The van der Waals surface area contributed by atoms with Crippen molar-refractivity contribution in [2.75, 3.05) is 23.9 Å². The smallest absolute Gasteiger partial charge is 0.382 e. The van der Waals surface area contributed by atoms with Crippen molar-refractivity contribution < 1.29 is 13.2 Å². The summed E-state index contributed by atoms with van der Waals surface area (Å²) < 4.78 is 41.7. The van der Waals surface area contributed by atoms with E-state index in [0.717, 1.165) is 53.1 Å². The molecule has 30 heavy (non-hydrogen) atoms. The summed E-state index contributed by atoms with van der Waals surface area (Å²) in [7, 11) is 1.87. The van der Waals surface area contributed by atoms with E-state index in [1.807, 2.05) is 61.3 Å². The molecule has 0 unspecified atom stereocenters. The molecule has 2 heterocycles. The Morgan fingerprint density at radius 3 is 2.47 bits per heavy atom. The zero-order valence-electron chi connectivity index (χ0n) is 16.9. The van der Waals surface area contributed by atoms with Crippen LogP contribution in [0.1, 0.15) is 18.4 Å². The summed E-state index contributed by atoms with van der Waals surface area (Å²) in [5, 5.41) is 7.52. The first kappa shape index (κ1) is 21.1. The van der Waals surface area contributed by atoms with Gasteiger partial charge >= 0.3 is 6.18 Å². The largest absolute Gasteiger partial charge is 0.406 e. The first-order valence-corrected chi connectivity index (χ1v) is 11.4. The molecule has 0 radical (unpaired) electrons. The van der Waals surface area contributed by atoms with E-state index in [4.69, 9.17) is 0 Å². The van der Waals surface area contributed by atoms with E-state index in [0.29, 0.717) is 17.3 Å². The van der Waals surface area contributed by atoms with Crippen molar-refractivity contribution in [1.82, 2.24) is 9.88 Å². The highest BCUT2D eigenvalue weighted by Crippen LogP contribution is 2.36. The second-order valence-corrected chi connectivity index (χ2v) is 8.95. The molecule has 0 aliphatic carbocycles. The molecule has 1 aliphatic heterocycles. The van der Waals surface area contributed by atoms with Crippen molar-refractivity contribution in [1.29, 1.82) is 0 Å². The van der Waals surface area contributed by atoms with Crippen LogP contribution in [0.25, 0.3) is 22.2 Å². The van der Waals surface area contributed by atoms with Crippen molar-refractivity contribution >= 4 is 28.4 Å². The van der Waals surface area contributed by atoms with E-state index in [9.17, 15) is 13.2 Å². The molecule has 0 saturated carbocycles. The molecule has 2 N–H and O–H groups in total. The number of nitrogens with zero attached hydrogens (tertiary/aromatic N) is 1. The molecule has 3 aromatic rings. The van der Waals surface area contributed by atoms with Gasteiger partial charge in [-0.3, -0.25) is 0 Å². The number of anilines is 1. The topological polar surface area (TPSA) is 29.0 Å². The Morgan fingerprint density at radius 1 is 1.07 bits per heavy atom. The summed E-state index contributed by atoms with van der Waals surface area (Å²) in [6.45, 7) is -0.285. The van der Waals surface area contributed by atoms with Crippen LogP contribution in [0.2, 0.25) is 0 Å². The van der Waals surface area contributed by atoms with E-state index in [1.165, 1.54) is 4.57 Å². The molecule has 0 bridgehead atoms. The minimum absolute atomic E-state index is 0.368. The van der Waals surface area contributed by atoms with Crippen LogP contribution in [0, 0.1) is 0 Å². The van der Waals surface area contributed by atoms with Crippen molar-refractivity contribution in [3.05, 3.63) is 54.1 Å². The van der Waals surface area contributed by atoms with E-state index in [1.54, 1.807) is 6.07 Å². The third-order valence-corrected chi connectivity index (χ3v) is 6.54. The Bertz CT molecular complexity index is 989. The number of benzene rings is 2. The standard InChI is InChI=1S/C23H26F3N3S/c1-27-14-16-5-7-17(8-6-16)22-13-19-20(28-18-9-11-30-12-10-18)3-2-4-21(19)29(22)15-23(24,25)26/h2-8,13,18,27-28H,9-12,14-15H2,1H3. The zero-order chi connectivity index (χ0) is 21.1. The number of aromatic nitrogens is 1. The lowest BCUT2D eigenvalue weighted by Gasteiger charge is -2.24. The molecule has 3 nitrogen and oxygen atoms in total. The van der Waals surface area contributed by atoms with Gasteiger partial charge in [-0.1, -0.05) is 30.3 Å². The fraction of sp³-hybridized carbons (Fsp3) is 0.391. The number of hydrogen-bond acceptors (Lipinski definition) is 3. The van der Waals surface area contributed by atoms with Gasteiger partial charge in [0.1, 0.15) is 6.54 Å². The van der Waals surface area contributed by atoms with E-state index < -0.39 is 12.7 Å². The Labute approximate surface area is 179 Å². The minimum atomic E-state index is -4.29. The average Bonchev–Trinajstić information content (AvgIpc) is 3.08. The summed E-state index contributed by atoms with van der Waals surface area (Å²) in [4.78, 5) is 0. The summed E-state index contributed by atoms with van der Waals surface area (Å²) in [5.41, 5.74) is 3.99. The lowest BCUT2D eigenvalue weighted by atomic mass is 10.1. The van der Waals surface area contributed by atoms with Gasteiger partial charge in [-0.25, -0.2) is 0 Å². The van der Waals surface area contributed by atoms with Gasteiger partial charge in [-0.15, -0.1) is 0 Å². The Kier molecular flexibility index (Phi) is 6.29. The van der Waals surface area contributed by atoms with E-state index in [-0.39, 0.29) is 0 Å².